The highest BCUT2D eigenvalue weighted by Gasteiger charge is 2.19. The minimum atomic E-state index is 0.922. The second kappa shape index (κ2) is 7.52. The van der Waals surface area contributed by atoms with Crippen LogP contribution in [-0.2, 0) is 6.42 Å². The highest BCUT2D eigenvalue weighted by atomic mass is 14.9. The average molecular weight is 246 g/mol. The minimum absolute atomic E-state index is 0.922. The lowest BCUT2D eigenvalue weighted by Gasteiger charge is -2.27. The van der Waals surface area contributed by atoms with Gasteiger partial charge in [-0.1, -0.05) is 26.2 Å². The number of hydrogen-bond donors (Lipinski definition) is 1. The first-order chi connectivity index (χ1) is 8.88. The summed E-state index contributed by atoms with van der Waals surface area (Å²) >= 11 is 0. The number of pyridine rings is 1. The first-order valence-electron chi connectivity index (χ1n) is 7.48. The maximum Gasteiger partial charge on any atom is 0.0270 e. The third-order valence-electron chi connectivity index (χ3n) is 4.32. The molecule has 18 heavy (non-hydrogen) atoms. The summed E-state index contributed by atoms with van der Waals surface area (Å²) in [5.41, 5.74) is 1.38. The second-order valence-electron chi connectivity index (χ2n) is 5.60. The van der Waals surface area contributed by atoms with Gasteiger partial charge in [-0.3, -0.25) is 4.98 Å². The molecule has 1 heterocycles. The molecule has 100 valence electrons. The third kappa shape index (κ3) is 4.41. The monoisotopic (exact) mass is 246 g/mol. The van der Waals surface area contributed by atoms with Crippen molar-refractivity contribution in [1.29, 1.82) is 0 Å². The summed E-state index contributed by atoms with van der Waals surface area (Å²) in [7, 11) is 0. The zero-order valence-corrected chi connectivity index (χ0v) is 11.6. The van der Waals surface area contributed by atoms with Crippen LogP contribution in [0.5, 0.6) is 0 Å². The molecule has 2 rings (SSSR count). The fraction of sp³-hybridized carbons (Fsp3) is 0.688. The van der Waals surface area contributed by atoms with Crippen LogP contribution in [0.2, 0.25) is 0 Å². The van der Waals surface area contributed by atoms with E-state index in [1.54, 1.807) is 0 Å². The van der Waals surface area contributed by atoms with Crippen molar-refractivity contribution in [3.63, 3.8) is 0 Å². The average Bonchev–Trinajstić information content (AvgIpc) is 2.45. The summed E-state index contributed by atoms with van der Waals surface area (Å²) in [5.74, 6) is 1.93. The molecule has 1 fully saturated rings. The Kier molecular flexibility index (Phi) is 5.66. The van der Waals surface area contributed by atoms with Gasteiger partial charge >= 0.3 is 0 Å². The topological polar surface area (TPSA) is 24.9 Å². The highest BCUT2D eigenvalue weighted by molar-refractivity contribution is 5.09. The van der Waals surface area contributed by atoms with Crippen molar-refractivity contribution in [2.45, 2.75) is 45.4 Å². The quantitative estimate of drug-likeness (QED) is 0.778. The van der Waals surface area contributed by atoms with Gasteiger partial charge in [0.1, 0.15) is 0 Å². The van der Waals surface area contributed by atoms with E-state index < -0.39 is 0 Å². The molecule has 0 aliphatic heterocycles. The van der Waals surface area contributed by atoms with Gasteiger partial charge < -0.3 is 5.32 Å². The number of hydrogen-bond acceptors (Lipinski definition) is 2. The molecule has 0 unspecified atom stereocenters. The van der Waals surface area contributed by atoms with E-state index >= 15 is 0 Å². The summed E-state index contributed by atoms with van der Waals surface area (Å²) in [6, 6.07) is 4.21. The Morgan fingerprint density at radius 1 is 1.11 bits per heavy atom. The van der Waals surface area contributed by atoms with Crippen molar-refractivity contribution >= 4 is 0 Å². The van der Waals surface area contributed by atoms with Crippen molar-refractivity contribution in [3.05, 3.63) is 30.1 Å². The normalized spacial score (nSPS) is 24.1. The summed E-state index contributed by atoms with van der Waals surface area (Å²) in [4.78, 5) is 4.04. The molecular formula is C16H26N2. The van der Waals surface area contributed by atoms with Crippen LogP contribution in [-0.4, -0.2) is 18.1 Å². The van der Waals surface area contributed by atoms with Gasteiger partial charge in [0.15, 0.2) is 0 Å². The minimum Gasteiger partial charge on any atom is -0.316 e. The van der Waals surface area contributed by atoms with Gasteiger partial charge in [-0.15, -0.1) is 0 Å². The van der Waals surface area contributed by atoms with E-state index in [0.717, 1.165) is 24.8 Å². The van der Waals surface area contributed by atoms with E-state index in [1.807, 2.05) is 12.4 Å². The predicted molar refractivity (Wildman–Crippen MR) is 76.5 cm³/mol. The fourth-order valence-corrected chi connectivity index (χ4v) is 2.93. The van der Waals surface area contributed by atoms with Crippen molar-refractivity contribution in [2.24, 2.45) is 11.8 Å². The molecule has 1 N–H and O–H groups in total. The van der Waals surface area contributed by atoms with Crippen molar-refractivity contribution in [3.8, 4) is 0 Å². The van der Waals surface area contributed by atoms with E-state index in [2.05, 4.69) is 29.4 Å². The van der Waals surface area contributed by atoms with Crippen molar-refractivity contribution < 1.29 is 0 Å². The molecule has 0 saturated heterocycles. The molecule has 0 bridgehead atoms. The van der Waals surface area contributed by atoms with Crippen LogP contribution in [0.1, 0.15) is 44.6 Å². The molecule has 0 atom stereocenters. The van der Waals surface area contributed by atoms with Crippen LogP contribution >= 0.6 is 0 Å². The molecule has 1 aromatic rings. The maximum absolute atomic E-state index is 4.04. The van der Waals surface area contributed by atoms with E-state index in [4.69, 9.17) is 0 Å². The summed E-state index contributed by atoms with van der Waals surface area (Å²) in [6.45, 7) is 4.64. The molecule has 1 aromatic heterocycles. The summed E-state index contributed by atoms with van der Waals surface area (Å²) < 4.78 is 0. The Morgan fingerprint density at radius 3 is 2.44 bits per heavy atom. The van der Waals surface area contributed by atoms with Crippen LogP contribution in [0.3, 0.4) is 0 Å². The Labute approximate surface area is 111 Å². The first-order valence-corrected chi connectivity index (χ1v) is 7.48. The number of rotatable bonds is 6. The predicted octanol–water partition coefficient (Wildman–Crippen LogP) is 3.43. The standard InChI is InChI=1S/C16H26N2/c1-2-14-3-5-16(6-4-14)13-18-12-9-15-7-10-17-11-8-15/h7-8,10-11,14,16,18H,2-6,9,12-13H2,1H3. The van der Waals surface area contributed by atoms with Gasteiger partial charge in [-0.05, 0) is 61.9 Å². The van der Waals surface area contributed by atoms with Gasteiger partial charge in [0.25, 0.3) is 0 Å². The van der Waals surface area contributed by atoms with Crippen LogP contribution in [0.25, 0.3) is 0 Å². The Morgan fingerprint density at radius 2 is 1.78 bits per heavy atom. The van der Waals surface area contributed by atoms with Crippen molar-refractivity contribution in [1.82, 2.24) is 10.3 Å². The highest BCUT2D eigenvalue weighted by Crippen LogP contribution is 2.29. The lowest BCUT2D eigenvalue weighted by atomic mass is 9.81. The van der Waals surface area contributed by atoms with Crippen molar-refractivity contribution in [2.75, 3.05) is 13.1 Å². The van der Waals surface area contributed by atoms with E-state index in [9.17, 15) is 0 Å². The molecule has 1 aliphatic carbocycles. The van der Waals surface area contributed by atoms with Gasteiger partial charge in [0.2, 0.25) is 0 Å². The molecule has 0 radical (unpaired) electrons. The maximum atomic E-state index is 4.04. The van der Waals surface area contributed by atoms with Crippen LogP contribution < -0.4 is 5.32 Å². The molecule has 2 heteroatoms. The Bertz CT molecular complexity index is 315. The molecule has 0 amide bonds. The molecule has 0 aromatic carbocycles. The van der Waals surface area contributed by atoms with Gasteiger partial charge in [0, 0.05) is 12.4 Å². The van der Waals surface area contributed by atoms with Crippen LogP contribution in [0, 0.1) is 11.8 Å². The lowest BCUT2D eigenvalue weighted by molar-refractivity contribution is 0.263. The first kappa shape index (κ1) is 13.5. The van der Waals surface area contributed by atoms with Gasteiger partial charge in [0.05, 0.1) is 0 Å². The molecule has 1 saturated carbocycles. The Balaban J connectivity index is 1.56. The van der Waals surface area contributed by atoms with Crippen LogP contribution in [0.15, 0.2) is 24.5 Å². The Hall–Kier alpha value is -0.890. The number of nitrogens with zero attached hydrogens (tertiary/aromatic N) is 1. The third-order valence-corrected chi connectivity index (χ3v) is 4.32. The van der Waals surface area contributed by atoms with Crippen LogP contribution in [0.4, 0.5) is 0 Å². The number of nitrogens with one attached hydrogen (secondary N) is 1. The SMILES string of the molecule is CCC1CCC(CNCCc2ccncc2)CC1. The smallest absolute Gasteiger partial charge is 0.0270 e. The molecule has 2 nitrogen and oxygen atoms in total. The van der Waals surface area contributed by atoms with Gasteiger partial charge in [-0.2, -0.15) is 0 Å². The van der Waals surface area contributed by atoms with E-state index in [-0.39, 0.29) is 0 Å². The molecule has 0 spiro atoms. The van der Waals surface area contributed by atoms with E-state index in [1.165, 1.54) is 44.2 Å². The summed E-state index contributed by atoms with van der Waals surface area (Å²) in [6.07, 6.45) is 12.0. The summed E-state index contributed by atoms with van der Waals surface area (Å²) in [5, 5.41) is 3.62. The molecule has 1 aliphatic rings. The fourth-order valence-electron chi connectivity index (χ4n) is 2.93. The van der Waals surface area contributed by atoms with Gasteiger partial charge in [-0.25, -0.2) is 0 Å². The largest absolute Gasteiger partial charge is 0.316 e. The lowest BCUT2D eigenvalue weighted by Crippen LogP contribution is -2.27. The number of aromatic nitrogens is 1. The zero-order valence-electron chi connectivity index (χ0n) is 11.6. The zero-order chi connectivity index (χ0) is 12.6. The van der Waals surface area contributed by atoms with E-state index in [0.29, 0.717) is 0 Å². The molecular weight excluding hydrogens is 220 g/mol. The second-order valence-corrected chi connectivity index (χ2v) is 5.60.